The average molecular weight is 306 g/mol. The lowest BCUT2D eigenvalue weighted by Crippen LogP contribution is -2.58. The van der Waals surface area contributed by atoms with E-state index in [1.807, 2.05) is 0 Å². The largest absolute Gasteiger partial charge is 0.396 e. The van der Waals surface area contributed by atoms with Crippen molar-refractivity contribution >= 4 is 8.56 Å². The van der Waals surface area contributed by atoms with Crippen molar-refractivity contribution in [2.24, 2.45) is 5.92 Å². The van der Waals surface area contributed by atoms with Crippen LogP contribution in [0.3, 0.4) is 0 Å². The molecule has 1 fully saturated rings. The molecule has 0 spiro atoms. The molecule has 0 aliphatic carbocycles. The Bertz CT molecular complexity index is 221. The van der Waals surface area contributed by atoms with Crippen LogP contribution in [-0.2, 0) is 13.6 Å². The van der Waals surface area contributed by atoms with Gasteiger partial charge in [-0.15, -0.1) is 0 Å². The second kappa shape index (κ2) is 11.7. The van der Waals surface area contributed by atoms with Gasteiger partial charge < -0.3 is 18.9 Å². The second-order valence-corrected chi connectivity index (χ2v) is 8.78. The van der Waals surface area contributed by atoms with E-state index < -0.39 is 8.56 Å². The van der Waals surface area contributed by atoms with Crippen LogP contribution in [0.5, 0.6) is 0 Å². The minimum atomic E-state index is -2.08. The summed E-state index contributed by atoms with van der Waals surface area (Å²) in [6, 6.07) is 1.07. The van der Waals surface area contributed by atoms with Crippen LogP contribution in [0.1, 0.15) is 46.5 Å². The number of rotatable bonds is 7. The van der Waals surface area contributed by atoms with Crippen LogP contribution in [0.4, 0.5) is 0 Å². The lowest BCUT2D eigenvalue weighted by atomic mass is 9.98. The Morgan fingerprint density at radius 1 is 1.05 bits per heavy atom. The molecule has 1 aliphatic heterocycles. The predicted octanol–water partition coefficient (Wildman–Crippen LogP) is 3.10. The fourth-order valence-corrected chi connectivity index (χ4v) is 6.50. The maximum absolute atomic E-state index is 5.70. The molecule has 20 heavy (non-hydrogen) atoms. The van der Waals surface area contributed by atoms with E-state index >= 15 is 0 Å². The molecule has 1 saturated heterocycles. The number of nitrogens with one attached hydrogen (secondary N) is 1. The summed E-state index contributed by atoms with van der Waals surface area (Å²) in [5, 5.41) is 3.11. The van der Waals surface area contributed by atoms with Gasteiger partial charge in [0.25, 0.3) is 0 Å². The molecule has 0 saturated carbocycles. The Morgan fingerprint density at radius 2 is 1.65 bits per heavy atom. The van der Waals surface area contributed by atoms with Crippen LogP contribution in [0.15, 0.2) is 0 Å². The van der Waals surface area contributed by atoms with E-state index in [1.165, 1.54) is 25.7 Å². The van der Waals surface area contributed by atoms with Gasteiger partial charge in [0.15, 0.2) is 0 Å². The van der Waals surface area contributed by atoms with Crippen molar-refractivity contribution in [3.63, 3.8) is 0 Å². The van der Waals surface area contributed by atoms with E-state index in [4.69, 9.17) is 13.6 Å². The fraction of sp³-hybridized carbons (Fsp3) is 1.00. The summed E-state index contributed by atoms with van der Waals surface area (Å²) in [5.41, 5.74) is 0.209. The minimum absolute atomic E-state index is 0.209. The van der Waals surface area contributed by atoms with Crippen molar-refractivity contribution in [3.8, 4) is 0 Å². The highest BCUT2D eigenvalue weighted by Crippen LogP contribution is 2.37. The highest BCUT2D eigenvalue weighted by molar-refractivity contribution is 6.69. The van der Waals surface area contributed by atoms with Crippen LogP contribution < -0.4 is 5.32 Å². The SMILES string of the molecule is CCCC1CCC[Si](OC)(OC)C1OC.CCNCC. The van der Waals surface area contributed by atoms with Gasteiger partial charge in [0.1, 0.15) is 5.73 Å². The van der Waals surface area contributed by atoms with Crippen molar-refractivity contribution in [3.05, 3.63) is 0 Å². The Morgan fingerprint density at radius 3 is 2.00 bits per heavy atom. The zero-order chi connectivity index (χ0) is 15.4. The number of ether oxygens (including phenoxy) is 1. The van der Waals surface area contributed by atoms with E-state index in [9.17, 15) is 0 Å². The molecule has 5 heteroatoms. The summed E-state index contributed by atoms with van der Waals surface area (Å²) in [6.45, 7) is 8.62. The van der Waals surface area contributed by atoms with Crippen molar-refractivity contribution < 1.29 is 13.6 Å². The molecule has 1 heterocycles. The van der Waals surface area contributed by atoms with Crippen molar-refractivity contribution in [2.45, 2.75) is 58.2 Å². The number of hydrogen-bond acceptors (Lipinski definition) is 4. The van der Waals surface area contributed by atoms with Crippen molar-refractivity contribution in [1.29, 1.82) is 0 Å². The lowest BCUT2D eigenvalue weighted by Gasteiger charge is -2.42. The zero-order valence-corrected chi connectivity index (χ0v) is 15.3. The summed E-state index contributed by atoms with van der Waals surface area (Å²) in [5.74, 6) is 0.625. The van der Waals surface area contributed by atoms with Crippen LogP contribution in [0.25, 0.3) is 0 Å². The van der Waals surface area contributed by atoms with Gasteiger partial charge in [0.2, 0.25) is 0 Å². The molecule has 122 valence electrons. The average Bonchev–Trinajstić information content (AvgIpc) is 2.48. The molecule has 1 N–H and O–H groups in total. The highest BCUT2D eigenvalue weighted by Gasteiger charge is 2.50. The Balaban J connectivity index is 0.000000621. The first-order valence-corrected chi connectivity index (χ1v) is 10.1. The Labute approximate surface area is 126 Å². The molecular formula is C15H35NO3Si. The monoisotopic (exact) mass is 305 g/mol. The third-order valence-electron chi connectivity index (χ3n) is 4.07. The molecule has 0 aromatic carbocycles. The molecule has 0 radical (unpaired) electrons. The summed E-state index contributed by atoms with van der Waals surface area (Å²) < 4.78 is 17.1. The maximum Gasteiger partial charge on any atom is 0.367 e. The standard InChI is InChI=1S/C11H24O3Si.C4H11N/c1-5-7-10-8-6-9-15(13-3,14-4)11(10)12-2;1-3-5-4-2/h10-11H,5-9H2,1-4H3;5H,3-4H2,1-2H3. The molecular weight excluding hydrogens is 270 g/mol. The number of hydrogen-bond donors (Lipinski definition) is 1. The van der Waals surface area contributed by atoms with Gasteiger partial charge in [0, 0.05) is 21.3 Å². The minimum Gasteiger partial charge on any atom is -0.396 e. The molecule has 1 aliphatic rings. The Hall–Kier alpha value is 0.0569. The van der Waals surface area contributed by atoms with Gasteiger partial charge in [-0.2, -0.15) is 0 Å². The highest BCUT2D eigenvalue weighted by atomic mass is 28.4. The molecule has 2 atom stereocenters. The summed E-state index contributed by atoms with van der Waals surface area (Å²) in [4.78, 5) is 0. The zero-order valence-electron chi connectivity index (χ0n) is 14.3. The van der Waals surface area contributed by atoms with Gasteiger partial charge >= 0.3 is 8.56 Å². The van der Waals surface area contributed by atoms with Crippen molar-refractivity contribution in [1.82, 2.24) is 5.32 Å². The first-order chi connectivity index (χ1) is 9.65. The van der Waals surface area contributed by atoms with Crippen LogP contribution in [0, 0.1) is 5.92 Å². The first-order valence-electron chi connectivity index (χ1n) is 7.99. The molecule has 1 rings (SSSR count). The van der Waals surface area contributed by atoms with E-state index in [2.05, 4.69) is 26.1 Å². The third kappa shape index (κ3) is 5.82. The Kier molecular flexibility index (Phi) is 11.7. The van der Waals surface area contributed by atoms with Crippen molar-refractivity contribution in [2.75, 3.05) is 34.4 Å². The normalized spacial score (nSPS) is 24.9. The second-order valence-electron chi connectivity index (χ2n) is 5.27. The van der Waals surface area contributed by atoms with Gasteiger partial charge in [-0.25, -0.2) is 0 Å². The predicted molar refractivity (Wildman–Crippen MR) is 87.2 cm³/mol. The lowest BCUT2D eigenvalue weighted by molar-refractivity contribution is 0.0398. The topological polar surface area (TPSA) is 39.7 Å². The van der Waals surface area contributed by atoms with Crippen LogP contribution >= 0.6 is 0 Å². The van der Waals surface area contributed by atoms with E-state index in [1.54, 1.807) is 21.3 Å². The number of methoxy groups -OCH3 is 1. The van der Waals surface area contributed by atoms with Crippen LogP contribution in [0.2, 0.25) is 6.04 Å². The summed E-state index contributed by atoms with van der Waals surface area (Å²) >= 11 is 0. The fourth-order valence-electron chi connectivity index (χ4n) is 3.07. The van der Waals surface area contributed by atoms with Gasteiger partial charge in [-0.1, -0.05) is 33.6 Å². The van der Waals surface area contributed by atoms with E-state index in [0.717, 1.165) is 19.1 Å². The molecule has 0 aromatic rings. The smallest absolute Gasteiger partial charge is 0.367 e. The van der Waals surface area contributed by atoms with E-state index in [0.29, 0.717) is 5.92 Å². The van der Waals surface area contributed by atoms with E-state index in [-0.39, 0.29) is 5.73 Å². The summed E-state index contributed by atoms with van der Waals surface area (Å²) in [7, 11) is 3.26. The van der Waals surface area contributed by atoms with Gasteiger partial charge in [0.05, 0.1) is 0 Å². The molecule has 0 bridgehead atoms. The first kappa shape index (κ1) is 20.1. The quantitative estimate of drug-likeness (QED) is 0.734. The molecule has 4 nitrogen and oxygen atoms in total. The maximum atomic E-state index is 5.70. The molecule has 0 aromatic heterocycles. The van der Waals surface area contributed by atoms with Gasteiger partial charge in [-0.05, 0) is 37.9 Å². The van der Waals surface area contributed by atoms with Crippen LogP contribution in [-0.4, -0.2) is 48.7 Å². The molecule has 2 unspecified atom stereocenters. The third-order valence-corrected chi connectivity index (χ3v) is 8.07. The summed E-state index contributed by atoms with van der Waals surface area (Å²) in [6.07, 6.45) is 4.91. The molecule has 0 amide bonds. The van der Waals surface area contributed by atoms with Gasteiger partial charge in [-0.3, -0.25) is 0 Å².